The Labute approximate surface area is 139 Å². The Kier molecular flexibility index (Phi) is 5.32. The van der Waals surface area contributed by atoms with Gasteiger partial charge in [0.1, 0.15) is 0 Å². The first-order chi connectivity index (χ1) is 11.3. The minimum Gasteiger partial charge on any atom is -0.478 e. The molecular weight excluding hydrogens is 332 g/mol. The van der Waals surface area contributed by atoms with Gasteiger partial charge < -0.3 is 10.4 Å². The molecule has 0 saturated carbocycles. The molecular formula is C16H16N2O5S. The van der Waals surface area contributed by atoms with Gasteiger partial charge in [0, 0.05) is 7.05 Å². The lowest BCUT2D eigenvalue weighted by atomic mass is 10.2. The van der Waals surface area contributed by atoms with Gasteiger partial charge in [0.25, 0.3) is 0 Å². The SMILES string of the molecule is CN(CC(=O)Nc1ccccc1C(=O)O)S(=O)(=O)c1ccccc1. The summed E-state index contributed by atoms with van der Waals surface area (Å²) in [6.07, 6.45) is 0. The Hall–Kier alpha value is -2.71. The van der Waals surface area contributed by atoms with Crippen molar-refractivity contribution in [2.45, 2.75) is 4.90 Å². The van der Waals surface area contributed by atoms with Crippen LogP contribution in [0.25, 0.3) is 0 Å². The van der Waals surface area contributed by atoms with Crippen LogP contribution in [0.15, 0.2) is 59.5 Å². The fourth-order valence-corrected chi connectivity index (χ4v) is 3.18. The number of likely N-dealkylation sites (N-methyl/N-ethyl adjacent to an activating group) is 1. The first-order valence-electron chi connectivity index (χ1n) is 6.96. The molecule has 2 N–H and O–H groups in total. The van der Waals surface area contributed by atoms with Gasteiger partial charge in [-0.1, -0.05) is 30.3 Å². The molecule has 2 aromatic carbocycles. The summed E-state index contributed by atoms with van der Waals surface area (Å²) in [6, 6.07) is 13.6. The van der Waals surface area contributed by atoms with Gasteiger partial charge in [-0.3, -0.25) is 4.79 Å². The number of carbonyl (C=O) groups is 2. The molecule has 0 aliphatic heterocycles. The summed E-state index contributed by atoms with van der Waals surface area (Å²) in [5.74, 6) is -1.82. The lowest BCUT2D eigenvalue weighted by Gasteiger charge is -2.17. The number of aromatic carboxylic acids is 1. The summed E-state index contributed by atoms with van der Waals surface area (Å²) in [5, 5.41) is 11.5. The summed E-state index contributed by atoms with van der Waals surface area (Å²) >= 11 is 0. The van der Waals surface area contributed by atoms with Gasteiger partial charge in [-0.05, 0) is 24.3 Å². The van der Waals surface area contributed by atoms with Crippen molar-refractivity contribution < 1.29 is 23.1 Å². The van der Waals surface area contributed by atoms with Gasteiger partial charge in [0.15, 0.2) is 0 Å². The highest BCUT2D eigenvalue weighted by Crippen LogP contribution is 2.16. The number of para-hydroxylation sites is 1. The number of nitrogens with one attached hydrogen (secondary N) is 1. The van der Waals surface area contributed by atoms with E-state index < -0.39 is 28.4 Å². The fraction of sp³-hybridized carbons (Fsp3) is 0.125. The second-order valence-corrected chi connectivity index (χ2v) is 7.02. The third kappa shape index (κ3) is 3.98. The van der Waals surface area contributed by atoms with E-state index >= 15 is 0 Å². The molecule has 0 atom stereocenters. The molecule has 0 fully saturated rings. The van der Waals surface area contributed by atoms with Crippen LogP contribution >= 0.6 is 0 Å². The van der Waals surface area contributed by atoms with E-state index in [1.807, 2.05) is 0 Å². The van der Waals surface area contributed by atoms with Gasteiger partial charge in [-0.2, -0.15) is 4.31 Å². The molecule has 0 aliphatic carbocycles. The van der Waals surface area contributed by atoms with Crippen LogP contribution in [0.1, 0.15) is 10.4 Å². The van der Waals surface area contributed by atoms with E-state index in [4.69, 9.17) is 5.11 Å². The summed E-state index contributed by atoms with van der Waals surface area (Å²) in [6.45, 7) is -0.439. The van der Waals surface area contributed by atoms with Crippen LogP contribution in [0.5, 0.6) is 0 Å². The number of rotatable bonds is 6. The van der Waals surface area contributed by atoms with E-state index in [-0.39, 0.29) is 16.1 Å². The van der Waals surface area contributed by atoms with Crippen molar-refractivity contribution in [3.63, 3.8) is 0 Å². The van der Waals surface area contributed by atoms with Crippen molar-refractivity contribution in [3.8, 4) is 0 Å². The number of benzene rings is 2. The van der Waals surface area contributed by atoms with E-state index in [0.29, 0.717) is 0 Å². The van der Waals surface area contributed by atoms with Crippen LogP contribution in [0.4, 0.5) is 5.69 Å². The van der Waals surface area contributed by atoms with Crippen molar-refractivity contribution in [1.82, 2.24) is 4.31 Å². The quantitative estimate of drug-likeness (QED) is 0.826. The number of carboxylic acid groups (broad SMARTS) is 1. The molecule has 2 aromatic rings. The first-order valence-corrected chi connectivity index (χ1v) is 8.40. The number of hydrogen-bond donors (Lipinski definition) is 2. The highest BCUT2D eigenvalue weighted by atomic mass is 32.2. The summed E-state index contributed by atoms with van der Waals surface area (Å²) in [5.41, 5.74) is 0.0416. The average molecular weight is 348 g/mol. The van der Waals surface area contributed by atoms with Crippen molar-refractivity contribution in [2.24, 2.45) is 0 Å². The zero-order valence-electron chi connectivity index (χ0n) is 12.8. The van der Waals surface area contributed by atoms with Gasteiger partial charge >= 0.3 is 5.97 Å². The molecule has 0 unspecified atom stereocenters. The molecule has 126 valence electrons. The van der Waals surface area contributed by atoms with Crippen molar-refractivity contribution in [2.75, 3.05) is 18.9 Å². The predicted octanol–water partition coefficient (Wildman–Crippen LogP) is 1.64. The molecule has 0 aromatic heterocycles. The lowest BCUT2D eigenvalue weighted by Crippen LogP contribution is -2.35. The fourth-order valence-electron chi connectivity index (χ4n) is 2.03. The molecule has 0 spiro atoms. The number of carbonyl (C=O) groups excluding carboxylic acids is 1. The zero-order chi connectivity index (χ0) is 17.7. The van der Waals surface area contributed by atoms with E-state index in [0.717, 1.165) is 4.31 Å². The monoisotopic (exact) mass is 348 g/mol. The molecule has 1 amide bonds. The second kappa shape index (κ2) is 7.24. The maximum atomic E-state index is 12.3. The molecule has 0 radical (unpaired) electrons. The highest BCUT2D eigenvalue weighted by molar-refractivity contribution is 7.89. The number of amides is 1. The number of carboxylic acids is 1. The van der Waals surface area contributed by atoms with E-state index in [2.05, 4.69) is 5.32 Å². The van der Waals surface area contributed by atoms with Crippen LogP contribution in [-0.2, 0) is 14.8 Å². The molecule has 0 bridgehead atoms. The van der Waals surface area contributed by atoms with Gasteiger partial charge in [-0.25, -0.2) is 13.2 Å². The smallest absolute Gasteiger partial charge is 0.337 e. The number of nitrogens with zero attached hydrogens (tertiary/aromatic N) is 1. The van der Waals surface area contributed by atoms with Crippen LogP contribution in [0.3, 0.4) is 0 Å². The van der Waals surface area contributed by atoms with Gasteiger partial charge in [-0.15, -0.1) is 0 Å². The third-order valence-corrected chi connectivity index (χ3v) is 5.07. The zero-order valence-corrected chi connectivity index (χ0v) is 13.7. The van der Waals surface area contributed by atoms with Gasteiger partial charge in [0.2, 0.25) is 15.9 Å². The van der Waals surface area contributed by atoms with Crippen LogP contribution in [0, 0.1) is 0 Å². The standard InChI is InChI=1S/C16H16N2O5S/c1-18(24(22,23)12-7-3-2-4-8-12)11-15(19)17-14-10-6-5-9-13(14)16(20)21/h2-10H,11H2,1H3,(H,17,19)(H,20,21). The van der Waals surface area contributed by atoms with Crippen molar-refractivity contribution >= 4 is 27.6 Å². The normalized spacial score (nSPS) is 11.2. The lowest BCUT2D eigenvalue weighted by molar-refractivity contribution is -0.116. The molecule has 24 heavy (non-hydrogen) atoms. The van der Waals surface area contributed by atoms with E-state index in [1.54, 1.807) is 24.3 Å². The number of anilines is 1. The largest absolute Gasteiger partial charge is 0.478 e. The first kappa shape index (κ1) is 17.6. The Morgan fingerprint density at radius 2 is 1.62 bits per heavy atom. The maximum absolute atomic E-state index is 12.3. The molecule has 7 nitrogen and oxygen atoms in total. The summed E-state index contributed by atoms with van der Waals surface area (Å²) < 4.78 is 25.6. The van der Waals surface area contributed by atoms with Crippen LogP contribution in [0.2, 0.25) is 0 Å². The van der Waals surface area contributed by atoms with Crippen LogP contribution in [-0.4, -0.2) is 43.3 Å². The molecule has 0 heterocycles. The second-order valence-electron chi connectivity index (χ2n) is 4.97. The predicted molar refractivity (Wildman–Crippen MR) is 88.3 cm³/mol. The van der Waals surface area contributed by atoms with E-state index in [9.17, 15) is 18.0 Å². The molecule has 0 aliphatic rings. The molecule has 8 heteroatoms. The highest BCUT2D eigenvalue weighted by Gasteiger charge is 2.23. The summed E-state index contributed by atoms with van der Waals surface area (Å²) in [4.78, 5) is 23.3. The van der Waals surface area contributed by atoms with Gasteiger partial charge in [0.05, 0.1) is 22.7 Å². The number of sulfonamides is 1. The Balaban J connectivity index is 2.12. The van der Waals surface area contributed by atoms with E-state index in [1.165, 1.54) is 37.4 Å². The third-order valence-electron chi connectivity index (χ3n) is 3.25. The Morgan fingerprint density at radius 3 is 2.25 bits per heavy atom. The van der Waals surface area contributed by atoms with Crippen molar-refractivity contribution in [1.29, 1.82) is 0 Å². The summed E-state index contributed by atoms with van der Waals surface area (Å²) in [7, 11) is -2.51. The number of hydrogen-bond acceptors (Lipinski definition) is 4. The van der Waals surface area contributed by atoms with Crippen LogP contribution < -0.4 is 5.32 Å². The topological polar surface area (TPSA) is 104 Å². The average Bonchev–Trinajstić information content (AvgIpc) is 2.55. The maximum Gasteiger partial charge on any atom is 0.337 e. The Bertz CT molecular complexity index is 850. The minimum absolute atomic E-state index is 0.0700. The Morgan fingerprint density at radius 1 is 1.04 bits per heavy atom. The minimum atomic E-state index is -3.80. The molecule has 0 saturated heterocycles. The van der Waals surface area contributed by atoms with Crippen molar-refractivity contribution in [3.05, 3.63) is 60.2 Å². The molecule has 2 rings (SSSR count).